The van der Waals surface area contributed by atoms with E-state index in [-0.39, 0.29) is 5.91 Å². The monoisotopic (exact) mass is 309 g/mol. The van der Waals surface area contributed by atoms with Gasteiger partial charge in [0.2, 0.25) is 5.91 Å². The molecule has 1 saturated heterocycles. The second kappa shape index (κ2) is 7.14. The first-order valence-electron chi connectivity index (χ1n) is 7.53. The van der Waals surface area contributed by atoms with Crippen molar-refractivity contribution in [1.29, 1.82) is 0 Å². The average Bonchev–Trinajstić information content (AvgIpc) is 2.43. The number of hydrogen-bond acceptors (Lipinski definition) is 3. The molecule has 0 spiro atoms. The molecule has 1 heterocycles. The number of nitrogens with zero attached hydrogens (tertiary/aromatic N) is 1. The number of nitrogen functional groups attached to an aromatic ring is 1. The topological polar surface area (TPSA) is 58.4 Å². The molecule has 0 bridgehead atoms. The van der Waals surface area contributed by atoms with Gasteiger partial charge in [0, 0.05) is 5.69 Å². The maximum atomic E-state index is 12.1. The molecule has 0 radical (unpaired) electrons. The summed E-state index contributed by atoms with van der Waals surface area (Å²) in [6.45, 7) is 6.99. The van der Waals surface area contributed by atoms with Crippen LogP contribution in [-0.4, -0.2) is 30.4 Å². The van der Waals surface area contributed by atoms with E-state index >= 15 is 0 Å². The van der Waals surface area contributed by atoms with Crippen LogP contribution in [0.3, 0.4) is 0 Å². The van der Waals surface area contributed by atoms with Crippen LogP contribution in [0.5, 0.6) is 0 Å². The van der Waals surface area contributed by atoms with Crippen LogP contribution in [0.2, 0.25) is 5.02 Å². The van der Waals surface area contributed by atoms with Gasteiger partial charge in [-0.3, -0.25) is 9.69 Å². The van der Waals surface area contributed by atoms with Crippen LogP contribution in [0.4, 0.5) is 11.4 Å². The van der Waals surface area contributed by atoms with Crippen molar-refractivity contribution in [3.8, 4) is 0 Å². The number of rotatable bonds is 4. The summed E-state index contributed by atoms with van der Waals surface area (Å²) in [6.07, 6.45) is 2.36. The molecule has 1 aromatic carbocycles. The number of nitrogens with one attached hydrogen (secondary N) is 1. The molecule has 4 nitrogen and oxygen atoms in total. The lowest BCUT2D eigenvalue weighted by Crippen LogP contribution is -2.40. The molecular weight excluding hydrogens is 286 g/mol. The zero-order valence-electron chi connectivity index (χ0n) is 12.7. The summed E-state index contributed by atoms with van der Waals surface area (Å²) in [5, 5.41) is 3.38. The molecule has 0 atom stereocenters. The van der Waals surface area contributed by atoms with Gasteiger partial charge in [-0.05, 0) is 56.0 Å². The Morgan fingerprint density at radius 2 is 2.10 bits per heavy atom. The molecule has 1 fully saturated rings. The van der Waals surface area contributed by atoms with E-state index in [2.05, 4.69) is 24.1 Å². The zero-order valence-corrected chi connectivity index (χ0v) is 13.5. The van der Waals surface area contributed by atoms with E-state index in [9.17, 15) is 4.79 Å². The number of anilines is 2. The number of carbonyl (C=O) groups excluding carboxylic acids is 1. The van der Waals surface area contributed by atoms with Gasteiger partial charge in [-0.2, -0.15) is 0 Å². The average molecular weight is 310 g/mol. The van der Waals surface area contributed by atoms with Gasteiger partial charge in [0.15, 0.2) is 0 Å². The van der Waals surface area contributed by atoms with Gasteiger partial charge in [0.25, 0.3) is 0 Å². The third-order valence-electron chi connectivity index (χ3n) is 4.22. The molecule has 116 valence electrons. The summed E-state index contributed by atoms with van der Waals surface area (Å²) in [6, 6.07) is 5.15. The van der Waals surface area contributed by atoms with Crippen LogP contribution in [0.1, 0.15) is 26.7 Å². The number of carbonyl (C=O) groups is 1. The second-order valence-corrected chi connectivity index (χ2v) is 6.55. The number of piperidine rings is 1. The first kappa shape index (κ1) is 16.1. The standard InChI is InChI=1S/C16H24ClN3O/c1-11(2)12-5-7-20(8-6-12)10-16(21)19-13-3-4-14(17)15(18)9-13/h3-4,9,11-12H,5-8,10,18H2,1-2H3,(H,19,21). The maximum Gasteiger partial charge on any atom is 0.238 e. The van der Waals surface area contributed by atoms with Crippen LogP contribution in [0.25, 0.3) is 0 Å². The normalized spacial score (nSPS) is 17.1. The van der Waals surface area contributed by atoms with E-state index in [1.165, 1.54) is 12.8 Å². The molecule has 0 unspecified atom stereocenters. The number of benzene rings is 1. The molecule has 1 aliphatic heterocycles. The fraction of sp³-hybridized carbons (Fsp3) is 0.562. The predicted molar refractivity (Wildman–Crippen MR) is 88.5 cm³/mol. The van der Waals surface area contributed by atoms with E-state index in [1.54, 1.807) is 18.2 Å². The van der Waals surface area contributed by atoms with E-state index in [0.717, 1.165) is 24.9 Å². The number of nitrogens with two attached hydrogens (primary N) is 1. The van der Waals surface area contributed by atoms with Crippen LogP contribution in [-0.2, 0) is 4.79 Å². The van der Waals surface area contributed by atoms with Crippen LogP contribution >= 0.6 is 11.6 Å². The first-order chi connectivity index (χ1) is 9.95. The van der Waals surface area contributed by atoms with E-state index in [1.807, 2.05) is 0 Å². The molecule has 5 heteroatoms. The van der Waals surface area contributed by atoms with Crippen molar-refractivity contribution in [2.75, 3.05) is 30.7 Å². The quantitative estimate of drug-likeness (QED) is 0.840. The Bertz CT molecular complexity index is 496. The van der Waals surface area contributed by atoms with Gasteiger partial charge in [0.05, 0.1) is 17.3 Å². The lowest BCUT2D eigenvalue weighted by molar-refractivity contribution is -0.117. The van der Waals surface area contributed by atoms with Crippen molar-refractivity contribution < 1.29 is 4.79 Å². The van der Waals surface area contributed by atoms with E-state index in [0.29, 0.717) is 22.9 Å². The smallest absolute Gasteiger partial charge is 0.238 e. The maximum absolute atomic E-state index is 12.1. The van der Waals surface area contributed by atoms with Crippen LogP contribution in [0.15, 0.2) is 18.2 Å². The third kappa shape index (κ3) is 4.61. The molecule has 2 rings (SSSR count). The Morgan fingerprint density at radius 3 is 2.67 bits per heavy atom. The predicted octanol–water partition coefficient (Wildman–Crippen LogP) is 3.23. The molecule has 1 aromatic rings. The first-order valence-corrected chi connectivity index (χ1v) is 7.90. The summed E-state index contributed by atoms with van der Waals surface area (Å²) in [5.41, 5.74) is 6.90. The highest BCUT2D eigenvalue weighted by atomic mass is 35.5. The Balaban J connectivity index is 1.81. The van der Waals surface area contributed by atoms with Crippen molar-refractivity contribution in [3.63, 3.8) is 0 Å². The summed E-state index contributed by atoms with van der Waals surface area (Å²) < 4.78 is 0. The van der Waals surface area contributed by atoms with Crippen molar-refractivity contribution in [2.45, 2.75) is 26.7 Å². The molecule has 1 amide bonds. The highest BCUT2D eigenvalue weighted by molar-refractivity contribution is 6.33. The number of halogens is 1. The second-order valence-electron chi connectivity index (χ2n) is 6.14. The van der Waals surface area contributed by atoms with Crippen LogP contribution in [0, 0.1) is 11.8 Å². The summed E-state index contributed by atoms with van der Waals surface area (Å²) >= 11 is 5.87. The molecule has 0 saturated carbocycles. The molecule has 0 aliphatic carbocycles. The minimum Gasteiger partial charge on any atom is -0.397 e. The lowest BCUT2D eigenvalue weighted by Gasteiger charge is -2.33. The third-order valence-corrected chi connectivity index (χ3v) is 4.57. The van der Waals surface area contributed by atoms with Crippen LogP contribution < -0.4 is 11.1 Å². The Labute approximate surface area is 131 Å². The number of likely N-dealkylation sites (tertiary alicyclic amines) is 1. The van der Waals surface area contributed by atoms with Crippen molar-refractivity contribution in [1.82, 2.24) is 4.90 Å². The molecular formula is C16H24ClN3O. The largest absolute Gasteiger partial charge is 0.397 e. The minimum atomic E-state index is -0.000260. The summed E-state index contributed by atoms with van der Waals surface area (Å²) in [5.74, 6) is 1.53. The van der Waals surface area contributed by atoms with Gasteiger partial charge >= 0.3 is 0 Å². The highest BCUT2D eigenvalue weighted by Gasteiger charge is 2.22. The minimum absolute atomic E-state index is 0.000260. The number of hydrogen-bond donors (Lipinski definition) is 2. The van der Waals surface area contributed by atoms with Gasteiger partial charge in [-0.15, -0.1) is 0 Å². The van der Waals surface area contributed by atoms with Gasteiger partial charge in [-0.1, -0.05) is 25.4 Å². The van der Waals surface area contributed by atoms with Gasteiger partial charge in [0.1, 0.15) is 0 Å². The zero-order chi connectivity index (χ0) is 15.4. The van der Waals surface area contributed by atoms with Gasteiger partial charge < -0.3 is 11.1 Å². The van der Waals surface area contributed by atoms with Crippen molar-refractivity contribution in [2.24, 2.45) is 11.8 Å². The van der Waals surface area contributed by atoms with Crippen molar-refractivity contribution in [3.05, 3.63) is 23.2 Å². The summed E-state index contributed by atoms with van der Waals surface area (Å²) in [4.78, 5) is 14.3. The number of amides is 1. The highest BCUT2D eigenvalue weighted by Crippen LogP contribution is 2.25. The molecule has 0 aromatic heterocycles. The Kier molecular flexibility index (Phi) is 5.48. The SMILES string of the molecule is CC(C)C1CCN(CC(=O)Nc2ccc(Cl)c(N)c2)CC1. The van der Waals surface area contributed by atoms with Gasteiger partial charge in [-0.25, -0.2) is 0 Å². The fourth-order valence-corrected chi connectivity index (χ4v) is 2.92. The fourth-order valence-electron chi connectivity index (χ4n) is 2.80. The Morgan fingerprint density at radius 1 is 1.43 bits per heavy atom. The molecule has 3 N–H and O–H groups in total. The molecule has 1 aliphatic rings. The molecule has 21 heavy (non-hydrogen) atoms. The van der Waals surface area contributed by atoms with E-state index in [4.69, 9.17) is 17.3 Å². The summed E-state index contributed by atoms with van der Waals surface area (Å²) in [7, 11) is 0. The Hall–Kier alpha value is -1.26. The lowest BCUT2D eigenvalue weighted by atomic mass is 9.87. The van der Waals surface area contributed by atoms with Crippen molar-refractivity contribution >= 4 is 28.9 Å². The van der Waals surface area contributed by atoms with E-state index < -0.39 is 0 Å².